The molecule has 2 unspecified atom stereocenters. The molecule has 2 atom stereocenters. The molecule has 0 heterocycles. The van der Waals surface area contributed by atoms with E-state index in [2.05, 4.69) is 42.1 Å². The first kappa shape index (κ1) is 10.1. The van der Waals surface area contributed by atoms with Gasteiger partial charge >= 0.3 is 0 Å². The van der Waals surface area contributed by atoms with Crippen molar-refractivity contribution in [3.63, 3.8) is 0 Å². The summed E-state index contributed by atoms with van der Waals surface area (Å²) in [4.78, 5) is 0. The van der Waals surface area contributed by atoms with Gasteiger partial charge in [-0.05, 0) is 24.8 Å². The fourth-order valence-electron chi connectivity index (χ4n) is 1.91. The van der Waals surface area contributed by atoms with Crippen molar-refractivity contribution < 1.29 is 0 Å². The molecule has 1 nitrogen and oxygen atoms in total. The number of hydrogen-bond donors (Lipinski definition) is 1. The van der Waals surface area contributed by atoms with Gasteiger partial charge in [0.15, 0.2) is 0 Å². The standard InChI is InChI=1S/C12H17NS/c13-11-6-7-12(8-11)14-9-10-4-2-1-3-5-10/h1-5,11-12H,6-9,13H2. The van der Waals surface area contributed by atoms with Crippen LogP contribution in [0.1, 0.15) is 24.8 Å². The maximum Gasteiger partial charge on any atom is 0.0187 e. The van der Waals surface area contributed by atoms with Gasteiger partial charge in [-0.1, -0.05) is 30.3 Å². The van der Waals surface area contributed by atoms with Gasteiger partial charge in [0.1, 0.15) is 0 Å². The van der Waals surface area contributed by atoms with Crippen LogP contribution in [0.4, 0.5) is 0 Å². The molecular weight excluding hydrogens is 190 g/mol. The molecule has 0 bridgehead atoms. The molecule has 0 aromatic heterocycles. The summed E-state index contributed by atoms with van der Waals surface area (Å²) in [6.07, 6.45) is 3.72. The molecule has 14 heavy (non-hydrogen) atoms. The van der Waals surface area contributed by atoms with Crippen molar-refractivity contribution in [3.8, 4) is 0 Å². The number of rotatable bonds is 3. The third-order valence-corrected chi connectivity index (χ3v) is 4.15. The number of nitrogens with two attached hydrogens (primary N) is 1. The van der Waals surface area contributed by atoms with E-state index in [1.807, 2.05) is 0 Å². The lowest BCUT2D eigenvalue weighted by atomic mass is 10.2. The highest BCUT2D eigenvalue weighted by Crippen LogP contribution is 2.30. The van der Waals surface area contributed by atoms with E-state index < -0.39 is 0 Å². The summed E-state index contributed by atoms with van der Waals surface area (Å²) in [5, 5.41) is 0.796. The van der Waals surface area contributed by atoms with Gasteiger partial charge in [-0.3, -0.25) is 0 Å². The molecule has 1 aromatic rings. The Hall–Kier alpha value is -0.470. The molecule has 76 valence electrons. The minimum atomic E-state index is 0.461. The smallest absolute Gasteiger partial charge is 0.0187 e. The first-order valence-corrected chi connectivity index (χ1v) is 6.30. The summed E-state index contributed by atoms with van der Waals surface area (Å²) < 4.78 is 0. The quantitative estimate of drug-likeness (QED) is 0.825. The Morgan fingerprint density at radius 3 is 2.64 bits per heavy atom. The highest BCUT2D eigenvalue weighted by atomic mass is 32.2. The molecule has 0 radical (unpaired) electrons. The third kappa shape index (κ3) is 2.76. The van der Waals surface area contributed by atoms with Crippen LogP contribution in [0, 0.1) is 0 Å². The number of benzene rings is 1. The molecule has 1 saturated carbocycles. The van der Waals surface area contributed by atoms with E-state index in [0.717, 1.165) is 11.0 Å². The van der Waals surface area contributed by atoms with Crippen molar-refractivity contribution >= 4 is 11.8 Å². The summed E-state index contributed by atoms with van der Waals surface area (Å²) in [6.45, 7) is 0. The van der Waals surface area contributed by atoms with Crippen LogP contribution in [-0.4, -0.2) is 11.3 Å². The van der Waals surface area contributed by atoms with Crippen LogP contribution in [0.3, 0.4) is 0 Å². The lowest BCUT2D eigenvalue weighted by Gasteiger charge is -2.08. The molecular formula is C12H17NS. The van der Waals surface area contributed by atoms with Crippen LogP contribution in [0.25, 0.3) is 0 Å². The fraction of sp³-hybridized carbons (Fsp3) is 0.500. The van der Waals surface area contributed by atoms with Gasteiger partial charge in [0.05, 0.1) is 0 Å². The SMILES string of the molecule is NC1CCC(SCc2ccccc2)C1. The van der Waals surface area contributed by atoms with E-state index in [4.69, 9.17) is 5.73 Å². The van der Waals surface area contributed by atoms with Gasteiger partial charge in [0, 0.05) is 17.0 Å². The van der Waals surface area contributed by atoms with E-state index in [1.54, 1.807) is 0 Å². The second-order valence-electron chi connectivity index (χ2n) is 3.99. The monoisotopic (exact) mass is 207 g/mol. The summed E-state index contributed by atoms with van der Waals surface area (Å²) in [5.41, 5.74) is 7.31. The normalized spacial score (nSPS) is 26.6. The van der Waals surface area contributed by atoms with Gasteiger partial charge in [0.2, 0.25) is 0 Å². The van der Waals surface area contributed by atoms with Crippen molar-refractivity contribution in [3.05, 3.63) is 35.9 Å². The molecule has 1 fully saturated rings. The van der Waals surface area contributed by atoms with Gasteiger partial charge in [0.25, 0.3) is 0 Å². The summed E-state index contributed by atoms with van der Waals surface area (Å²) in [7, 11) is 0. The number of thioether (sulfide) groups is 1. The molecule has 0 aliphatic heterocycles. The fourth-order valence-corrected chi connectivity index (χ4v) is 3.22. The Morgan fingerprint density at radius 2 is 2.00 bits per heavy atom. The average molecular weight is 207 g/mol. The molecule has 2 rings (SSSR count). The van der Waals surface area contributed by atoms with Crippen molar-refractivity contribution in [2.75, 3.05) is 0 Å². The molecule has 1 aliphatic carbocycles. The molecule has 1 aliphatic rings. The van der Waals surface area contributed by atoms with Crippen molar-refractivity contribution in [2.24, 2.45) is 5.73 Å². The first-order chi connectivity index (χ1) is 6.84. The second-order valence-corrected chi connectivity index (χ2v) is 5.28. The van der Waals surface area contributed by atoms with Crippen LogP contribution in [-0.2, 0) is 5.75 Å². The van der Waals surface area contributed by atoms with E-state index in [0.29, 0.717) is 6.04 Å². The predicted octanol–water partition coefficient (Wildman–Crippen LogP) is 2.80. The maximum absolute atomic E-state index is 5.88. The van der Waals surface area contributed by atoms with Crippen molar-refractivity contribution in [1.82, 2.24) is 0 Å². The maximum atomic E-state index is 5.88. The summed E-state index contributed by atoms with van der Waals surface area (Å²) in [6, 6.07) is 11.1. The summed E-state index contributed by atoms with van der Waals surface area (Å²) >= 11 is 2.06. The molecule has 2 heteroatoms. The molecule has 2 N–H and O–H groups in total. The highest BCUT2D eigenvalue weighted by Gasteiger charge is 2.21. The Kier molecular flexibility index (Phi) is 3.49. The van der Waals surface area contributed by atoms with Gasteiger partial charge in [-0.2, -0.15) is 11.8 Å². The zero-order valence-electron chi connectivity index (χ0n) is 8.36. The lowest BCUT2D eigenvalue weighted by Crippen LogP contribution is -2.15. The highest BCUT2D eigenvalue weighted by molar-refractivity contribution is 7.99. The third-order valence-electron chi connectivity index (χ3n) is 2.75. The average Bonchev–Trinajstić information content (AvgIpc) is 2.63. The minimum absolute atomic E-state index is 0.461. The zero-order valence-corrected chi connectivity index (χ0v) is 9.17. The molecule has 1 aromatic carbocycles. The lowest BCUT2D eigenvalue weighted by molar-refractivity contribution is 0.706. The molecule has 0 amide bonds. The number of hydrogen-bond acceptors (Lipinski definition) is 2. The van der Waals surface area contributed by atoms with Crippen LogP contribution >= 0.6 is 11.8 Å². The van der Waals surface area contributed by atoms with Gasteiger partial charge in [-0.25, -0.2) is 0 Å². The van der Waals surface area contributed by atoms with Gasteiger partial charge < -0.3 is 5.73 Å². The Labute approximate surface area is 90.1 Å². The predicted molar refractivity (Wildman–Crippen MR) is 63.4 cm³/mol. The van der Waals surface area contributed by atoms with Crippen LogP contribution in [0.15, 0.2) is 30.3 Å². The van der Waals surface area contributed by atoms with Crippen molar-refractivity contribution in [2.45, 2.75) is 36.3 Å². The van der Waals surface area contributed by atoms with Crippen LogP contribution in [0.2, 0.25) is 0 Å². The van der Waals surface area contributed by atoms with Gasteiger partial charge in [-0.15, -0.1) is 0 Å². The van der Waals surface area contributed by atoms with E-state index in [1.165, 1.54) is 24.8 Å². The minimum Gasteiger partial charge on any atom is -0.328 e. The second kappa shape index (κ2) is 4.85. The largest absolute Gasteiger partial charge is 0.328 e. The molecule has 0 saturated heterocycles. The van der Waals surface area contributed by atoms with Crippen LogP contribution < -0.4 is 5.73 Å². The molecule has 0 spiro atoms. The van der Waals surface area contributed by atoms with E-state index >= 15 is 0 Å². The Bertz CT molecular complexity index is 273. The Balaban J connectivity index is 1.78. The topological polar surface area (TPSA) is 26.0 Å². The van der Waals surface area contributed by atoms with E-state index in [9.17, 15) is 0 Å². The van der Waals surface area contributed by atoms with Crippen molar-refractivity contribution in [1.29, 1.82) is 0 Å². The zero-order chi connectivity index (χ0) is 9.80. The Morgan fingerprint density at radius 1 is 1.21 bits per heavy atom. The van der Waals surface area contributed by atoms with E-state index in [-0.39, 0.29) is 0 Å². The van der Waals surface area contributed by atoms with Crippen LogP contribution in [0.5, 0.6) is 0 Å². The summed E-state index contributed by atoms with van der Waals surface area (Å²) in [5.74, 6) is 1.14. The first-order valence-electron chi connectivity index (χ1n) is 5.25.